The Morgan fingerprint density at radius 1 is 0.978 bits per heavy atom. The Labute approximate surface area is 254 Å². The monoisotopic (exact) mass is 659 g/mol. The van der Waals surface area contributed by atoms with E-state index in [9.17, 15) is 35.5 Å². The average molecular weight is 660 g/mol. The van der Waals surface area contributed by atoms with Gasteiger partial charge in [-0.2, -0.15) is 26.3 Å². The minimum Gasteiger partial charge on any atom is -0.475 e. The summed E-state index contributed by atoms with van der Waals surface area (Å²) < 4.78 is 85.4. The molecular formula is C28H24F7N5O6. The lowest BCUT2D eigenvalue weighted by Crippen LogP contribution is -2.38. The molecule has 3 N–H and O–H groups in total. The maximum absolute atomic E-state index is 14.2. The van der Waals surface area contributed by atoms with Gasteiger partial charge in [-0.25, -0.2) is 28.7 Å². The lowest BCUT2D eigenvalue weighted by atomic mass is 9.78. The third kappa shape index (κ3) is 7.91. The Bertz CT molecular complexity index is 1670. The molecule has 18 heteroatoms. The minimum atomic E-state index is -5.08. The highest BCUT2D eigenvalue weighted by Gasteiger charge is 2.48. The van der Waals surface area contributed by atoms with Crippen molar-refractivity contribution in [3.63, 3.8) is 0 Å². The molecule has 2 aromatic heterocycles. The lowest BCUT2D eigenvalue weighted by Gasteiger charge is -2.34. The number of nitrogens with one attached hydrogen (secondary N) is 1. The number of fused-ring (bicyclic) bond motifs is 1. The van der Waals surface area contributed by atoms with Crippen LogP contribution < -0.4 is 4.90 Å². The summed E-state index contributed by atoms with van der Waals surface area (Å²) in [6, 6.07) is 12.5. The number of carboxylic acids is 2. The second-order valence-corrected chi connectivity index (χ2v) is 10.3. The van der Waals surface area contributed by atoms with Crippen molar-refractivity contribution in [3.8, 4) is 5.69 Å². The summed E-state index contributed by atoms with van der Waals surface area (Å²) in [5, 5.41) is 14.2. The van der Waals surface area contributed by atoms with E-state index in [1.165, 1.54) is 11.0 Å². The fourth-order valence-electron chi connectivity index (χ4n) is 4.94. The Kier molecular flexibility index (Phi) is 9.57. The van der Waals surface area contributed by atoms with Gasteiger partial charge in [0.05, 0.1) is 29.6 Å². The number of aromatic amines is 1. The molecule has 2 aromatic carbocycles. The smallest absolute Gasteiger partial charge is 0.475 e. The number of benzene rings is 2. The van der Waals surface area contributed by atoms with Crippen LogP contribution in [0.25, 0.3) is 16.7 Å². The van der Waals surface area contributed by atoms with Crippen molar-refractivity contribution in [1.29, 1.82) is 0 Å². The molecule has 4 aromatic rings. The number of nitrogens with zero attached hydrogens (tertiary/aromatic N) is 4. The zero-order chi connectivity index (χ0) is 33.9. The standard InChI is InChI=1S/C24H22FN5O2.2C2HF3O2/c25-18-3-1-2-4-21(18)30-14-24(32-23(30)31)9-7-16(8-10-24)22-27-19-6-5-17(13-20(19)28-22)29-12-11-26-15-29;2*3-2(4,5)1(6)7/h1-6,11-13,15-16H,7-10,14H2,(H,27,28);2*(H,6,7)/t16-,24-;;. The number of H-pyrrole nitrogens is 1. The molecule has 3 heterocycles. The molecule has 2 aliphatic rings. The molecular weight excluding hydrogens is 635 g/mol. The van der Waals surface area contributed by atoms with Crippen molar-refractivity contribution >= 4 is 34.8 Å². The highest BCUT2D eigenvalue weighted by Crippen LogP contribution is 2.44. The molecule has 1 spiro atoms. The van der Waals surface area contributed by atoms with Gasteiger partial charge >= 0.3 is 30.4 Å². The van der Waals surface area contributed by atoms with Crippen molar-refractivity contribution in [3.05, 3.63) is 72.8 Å². The SMILES string of the molecule is O=C(O)C(F)(F)F.O=C(O)C(F)(F)F.O=C1O[C@]2(CC[C@H](c3nc4cc(-n5ccnc5)ccc4[nH]3)CC2)CN1c1ccccc1F. The number of hydrogen-bond acceptors (Lipinski definition) is 6. The van der Waals surface area contributed by atoms with Gasteiger partial charge in [-0.1, -0.05) is 12.1 Å². The van der Waals surface area contributed by atoms with Gasteiger partial charge < -0.3 is 24.5 Å². The third-order valence-electron chi connectivity index (χ3n) is 7.17. The number of hydrogen-bond donors (Lipinski definition) is 3. The van der Waals surface area contributed by atoms with E-state index < -0.39 is 41.8 Å². The number of carboxylic acid groups (broad SMARTS) is 2. The normalized spacial score (nSPS) is 19.6. The number of rotatable bonds is 3. The van der Waals surface area contributed by atoms with Crippen LogP contribution in [0.5, 0.6) is 0 Å². The molecule has 246 valence electrons. The van der Waals surface area contributed by atoms with Gasteiger partial charge in [-0.3, -0.25) is 4.90 Å². The van der Waals surface area contributed by atoms with E-state index >= 15 is 0 Å². The molecule has 11 nitrogen and oxygen atoms in total. The van der Waals surface area contributed by atoms with Crippen molar-refractivity contribution in [1.82, 2.24) is 19.5 Å². The lowest BCUT2D eigenvalue weighted by molar-refractivity contribution is -0.193. The van der Waals surface area contributed by atoms with E-state index in [0.717, 1.165) is 48.2 Å². The van der Waals surface area contributed by atoms with E-state index in [2.05, 4.69) is 9.97 Å². The highest BCUT2D eigenvalue weighted by atomic mass is 19.4. The van der Waals surface area contributed by atoms with Gasteiger partial charge in [-0.15, -0.1) is 0 Å². The van der Waals surface area contributed by atoms with E-state index in [4.69, 9.17) is 29.5 Å². The molecule has 1 saturated carbocycles. The molecule has 0 bridgehead atoms. The first-order valence-corrected chi connectivity index (χ1v) is 13.3. The first kappa shape index (κ1) is 33.7. The second-order valence-electron chi connectivity index (χ2n) is 10.3. The number of aromatic nitrogens is 4. The van der Waals surface area contributed by atoms with E-state index in [0.29, 0.717) is 6.54 Å². The zero-order valence-corrected chi connectivity index (χ0v) is 23.3. The van der Waals surface area contributed by atoms with Crippen LogP contribution in [0.15, 0.2) is 61.2 Å². The number of halogens is 7. The molecule has 46 heavy (non-hydrogen) atoms. The topological polar surface area (TPSA) is 151 Å². The maximum atomic E-state index is 14.2. The van der Waals surface area contributed by atoms with Crippen LogP contribution in [-0.2, 0) is 14.3 Å². The summed E-state index contributed by atoms with van der Waals surface area (Å²) in [4.78, 5) is 44.1. The largest absolute Gasteiger partial charge is 0.490 e. The van der Waals surface area contributed by atoms with E-state index in [1.54, 1.807) is 30.7 Å². The summed E-state index contributed by atoms with van der Waals surface area (Å²) in [5.41, 5.74) is 2.66. The fourth-order valence-corrected chi connectivity index (χ4v) is 4.94. The molecule has 1 aliphatic heterocycles. The van der Waals surface area contributed by atoms with E-state index in [1.807, 2.05) is 29.0 Å². The van der Waals surface area contributed by atoms with Gasteiger partial charge in [0.15, 0.2) is 0 Å². The summed E-state index contributed by atoms with van der Waals surface area (Å²) in [5.74, 6) is -4.69. The maximum Gasteiger partial charge on any atom is 0.490 e. The van der Waals surface area contributed by atoms with Crippen molar-refractivity contribution < 1.29 is 60.1 Å². The molecule has 1 aliphatic carbocycles. The summed E-state index contributed by atoms with van der Waals surface area (Å²) in [6.45, 7) is 0.383. The van der Waals surface area contributed by atoms with E-state index in [-0.39, 0.29) is 11.6 Å². The Morgan fingerprint density at radius 2 is 1.59 bits per heavy atom. The summed E-state index contributed by atoms with van der Waals surface area (Å²) >= 11 is 0. The quantitative estimate of drug-likeness (QED) is 0.220. The van der Waals surface area contributed by atoms with Crippen molar-refractivity contribution in [2.45, 2.75) is 49.6 Å². The number of para-hydroxylation sites is 1. The molecule has 0 unspecified atom stereocenters. The average Bonchev–Trinajstić information content (AvgIpc) is 3.73. The predicted octanol–water partition coefficient (Wildman–Crippen LogP) is 6.21. The number of anilines is 1. The number of aliphatic carboxylic acids is 2. The molecule has 6 rings (SSSR count). The van der Waals surface area contributed by atoms with Crippen molar-refractivity contribution in [2.24, 2.45) is 0 Å². The number of carbonyl (C=O) groups excluding carboxylic acids is 1. The van der Waals surface area contributed by atoms with Crippen molar-refractivity contribution in [2.75, 3.05) is 11.4 Å². The number of ether oxygens (including phenoxy) is 1. The van der Waals surface area contributed by atoms with Gasteiger partial charge in [0, 0.05) is 24.0 Å². The van der Waals surface area contributed by atoms with Crippen LogP contribution in [0, 0.1) is 5.82 Å². The first-order chi connectivity index (χ1) is 21.5. The second kappa shape index (κ2) is 13.1. The van der Waals surface area contributed by atoms with Crippen LogP contribution in [0.4, 0.5) is 41.2 Å². The molecule has 0 atom stereocenters. The third-order valence-corrected chi connectivity index (χ3v) is 7.17. The van der Waals surface area contributed by atoms with Crippen LogP contribution in [0.1, 0.15) is 37.4 Å². The highest BCUT2D eigenvalue weighted by molar-refractivity contribution is 5.90. The number of carbonyl (C=O) groups is 3. The van der Waals surface area contributed by atoms with Crippen LogP contribution in [0.2, 0.25) is 0 Å². The number of alkyl halides is 6. The predicted molar refractivity (Wildman–Crippen MR) is 145 cm³/mol. The van der Waals surface area contributed by atoms with Crippen LogP contribution >= 0.6 is 0 Å². The Hall–Kier alpha value is -5.16. The summed E-state index contributed by atoms with van der Waals surface area (Å²) in [7, 11) is 0. The Balaban J connectivity index is 0.000000289. The molecule has 0 radical (unpaired) electrons. The molecule has 1 saturated heterocycles. The molecule has 2 fully saturated rings. The van der Waals surface area contributed by atoms with Crippen LogP contribution in [0.3, 0.4) is 0 Å². The minimum absolute atomic E-state index is 0.269. The van der Waals surface area contributed by atoms with Gasteiger partial charge in [0.1, 0.15) is 17.2 Å². The zero-order valence-electron chi connectivity index (χ0n) is 23.3. The number of amides is 1. The number of imidazole rings is 2. The fraction of sp³-hybridized carbons (Fsp3) is 0.321. The summed E-state index contributed by atoms with van der Waals surface area (Å²) in [6.07, 6.45) is -2.05. The first-order valence-electron chi connectivity index (χ1n) is 13.3. The van der Waals surface area contributed by atoms with Crippen LogP contribution in [-0.4, -0.2) is 72.3 Å². The van der Waals surface area contributed by atoms with Gasteiger partial charge in [0.25, 0.3) is 0 Å². The Morgan fingerprint density at radius 3 is 2.13 bits per heavy atom. The van der Waals surface area contributed by atoms with Gasteiger partial charge in [0.2, 0.25) is 0 Å². The molecule has 1 amide bonds. The van der Waals surface area contributed by atoms with Gasteiger partial charge in [-0.05, 0) is 56.0 Å².